The average Bonchev–Trinajstić information content (AvgIpc) is 2.76. The van der Waals surface area contributed by atoms with Gasteiger partial charge in [0.1, 0.15) is 5.75 Å². The molecule has 1 aromatic carbocycles. The van der Waals surface area contributed by atoms with Crippen LogP contribution >= 0.6 is 0 Å². The predicted molar refractivity (Wildman–Crippen MR) is 67.5 cm³/mol. The lowest BCUT2D eigenvalue weighted by Gasteiger charge is -2.05. The van der Waals surface area contributed by atoms with Gasteiger partial charge in [-0.1, -0.05) is 23.4 Å². The molecule has 0 bridgehead atoms. The summed E-state index contributed by atoms with van der Waals surface area (Å²) in [5.41, 5.74) is 6.72. The van der Waals surface area contributed by atoms with Crippen molar-refractivity contribution in [2.24, 2.45) is 5.73 Å². The summed E-state index contributed by atoms with van der Waals surface area (Å²) in [5.74, 6) is 2.06. The molecule has 2 N–H and O–H groups in total. The Morgan fingerprint density at radius 2 is 2.17 bits per heavy atom. The van der Waals surface area contributed by atoms with E-state index in [1.807, 2.05) is 31.2 Å². The van der Waals surface area contributed by atoms with E-state index in [0.29, 0.717) is 24.6 Å². The van der Waals surface area contributed by atoms with Gasteiger partial charge in [0.15, 0.2) is 5.82 Å². The molecule has 2 aromatic rings. The second-order valence-electron chi connectivity index (χ2n) is 4.27. The van der Waals surface area contributed by atoms with E-state index in [2.05, 4.69) is 10.1 Å². The van der Waals surface area contributed by atoms with Crippen molar-refractivity contribution >= 4 is 0 Å². The van der Waals surface area contributed by atoms with Crippen molar-refractivity contribution in [1.29, 1.82) is 0 Å². The molecule has 96 valence electrons. The maximum atomic E-state index is 5.68. The van der Waals surface area contributed by atoms with E-state index in [-0.39, 0.29) is 6.04 Å². The van der Waals surface area contributed by atoms with Gasteiger partial charge in [0.25, 0.3) is 0 Å². The quantitative estimate of drug-likeness (QED) is 0.867. The third kappa shape index (κ3) is 3.07. The standard InChI is InChI=1S/C13H17N3O2/c1-9(14)7-13-15-12(16-18-13)8-10-5-3-4-6-11(10)17-2/h3-6,9H,7-8,14H2,1-2H3. The topological polar surface area (TPSA) is 74.2 Å². The van der Waals surface area contributed by atoms with E-state index in [4.69, 9.17) is 15.0 Å². The van der Waals surface area contributed by atoms with Crippen LogP contribution < -0.4 is 10.5 Å². The van der Waals surface area contributed by atoms with Crippen LogP contribution in [0.15, 0.2) is 28.8 Å². The monoisotopic (exact) mass is 247 g/mol. The Morgan fingerprint density at radius 1 is 1.39 bits per heavy atom. The molecule has 1 unspecified atom stereocenters. The number of nitrogens with two attached hydrogens (primary N) is 1. The molecular formula is C13H17N3O2. The first-order valence-electron chi connectivity index (χ1n) is 5.88. The summed E-state index contributed by atoms with van der Waals surface area (Å²) in [7, 11) is 1.65. The first-order chi connectivity index (χ1) is 8.69. The molecule has 1 heterocycles. The second-order valence-corrected chi connectivity index (χ2v) is 4.27. The molecule has 0 saturated carbocycles. The third-order valence-corrected chi connectivity index (χ3v) is 2.55. The van der Waals surface area contributed by atoms with E-state index in [1.54, 1.807) is 7.11 Å². The highest BCUT2D eigenvalue weighted by Gasteiger charge is 2.10. The fraction of sp³-hybridized carbons (Fsp3) is 0.385. The molecule has 0 saturated heterocycles. The Kier molecular flexibility index (Phi) is 3.94. The summed E-state index contributed by atoms with van der Waals surface area (Å²) in [5, 5.41) is 3.94. The number of para-hydroxylation sites is 1. The zero-order chi connectivity index (χ0) is 13.0. The largest absolute Gasteiger partial charge is 0.496 e. The van der Waals surface area contributed by atoms with Crippen LogP contribution in [0.2, 0.25) is 0 Å². The van der Waals surface area contributed by atoms with Gasteiger partial charge in [-0.15, -0.1) is 0 Å². The van der Waals surface area contributed by atoms with Crippen LogP contribution in [0, 0.1) is 0 Å². The lowest BCUT2D eigenvalue weighted by Crippen LogP contribution is -2.17. The molecular weight excluding hydrogens is 230 g/mol. The minimum Gasteiger partial charge on any atom is -0.496 e. The fourth-order valence-electron chi connectivity index (χ4n) is 1.74. The van der Waals surface area contributed by atoms with Gasteiger partial charge in [-0.05, 0) is 13.0 Å². The van der Waals surface area contributed by atoms with Crippen molar-refractivity contribution in [1.82, 2.24) is 10.1 Å². The Labute approximate surface area is 106 Å². The van der Waals surface area contributed by atoms with Crippen molar-refractivity contribution in [2.75, 3.05) is 7.11 Å². The molecule has 1 atom stereocenters. The van der Waals surface area contributed by atoms with E-state index in [9.17, 15) is 0 Å². The number of methoxy groups -OCH3 is 1. The maximum absolute atomic E-state index is 5.68. The van der Waals surface area contributed by atoms with Crippen LogP contribution in [0.5, 0.6) is 5.75 Å². The Bertz CT molecular complexity index is 508. The maximum Gasteiger partial charge on any atom is 0.228 e. The van der Waals surface area contributed by atoms with Gasteiger partial charge in [-0.25, -0.2) is 0 Å². The van der Waals surface area contributed by atoms with E-state index < -0.39 is 0 Å². The van der Waals surface area contributed by atoms with Crippen molar-refractivity contribution in [3.63, 3.8) is 0 Å². The molecule has 0 radical (unpaired) electrons. The van der Waals surface area contributed by atoms with Crippen LogP contribution in [0.25, 0.3) is 0 Å². The molecule has 0 amide bonds. The molecule has 5 nitrogen and oxygen atoms in total. The van der Waals surface area contributed by atoms with Gasteiger partial charge in [0.05, 0.1) is 7.11 Å². The molecule has 5 heteroatoms. The molecule has 0 spiro atoms. The Hall–Kier alpha value is -1.88. The Balaban J connectivity index is 2.11. The summed E-state index contributed by atoms with van der Waals surface area (Å²) in [6.07, 6.45) is 1.19. The number of rotatable bonds is 5. The predicted octanol–water partition coefficient (Wildman–Crippen LogP) is 1.56. The molecule has 0 aliphatic heterocycles. The van der Waals surface area contributed by atoms with Crippen LogP contribution in [0.4, 0.5) is 0 Å². The summed E-state index contributed by atoms with van der Waals surface area (Å²) >= 11 is 0. The minimum atomic E-state index is 0.0181. The average molecular weight is 247 g/mol. The number of ether oxygens (including phenoxy) is 1. The first kappa shape index (κ1) is 12.6. The van der Waals surface area contributed by atoms with Gasteiger partial charge in [-0.2, -0.15) is 4.98 Å². The molecule has 0 aliphatic rings. The molecule has 1 aromatic heterocycles. The molecule has 18 heavy (non-hydrogen) atoms. The van der Waals surface area contributed by atoms with Crippen molar-refractivity contribution < 1.29 is 9.26 Å². The van der Waals surface area contributed by atoms with E-state index >= 15 is 0 Å². The normalized spacial score (nSPS) is 12.4. The van der Waals surface area contributed by atoms with Crippen LogP contribution in [0.1, 0.15) is 24.2 Å². The highest BCUT2D eigenvalue weighted by molar-refractivity contribution is 5.35. The minimum absolute atomic E-state index is 0.0181. The lowest BCUT2D eigenvalue weighted by molar-refractivity contribution is 0.367. The van der Waals surface area contributed by atoms with Crippen LogP contribution in [-0.2, 0) is 12.8 Å². The second kappa shape index (κ2) is 5.64. The summed E-state index contributed by atoms with van der Waals surface area (Å²) in [6.45, 7) is 1.91. The van der Waals surface area contributed by atoms with Gasteiger partial charge in [0, 0.05) is 24.4 Å². The van der Waals surface area contributed by atoms with Crippen molar-refractivity contribution in [3.05, 3.63) is 41.5 Å². The van der Waals surface area contributed by atoms with Gasteiger partial charge in [0.2, 0.25) is 5.89 Å². The van der Waals surface area contributed by atoms with Gasteiger partial charge >= 0.3 is 0 Å². The summed E-state index contributed by atoms with van der Waals surface area (Å²) in [6, 6.07) is 7.81. The lowest BCUT2D eigenvalue weighted by atomic mass is 10.1. The Morgan fingerprint density at radius 3 is 2.89 bits per heavy atom. The van der Waals surface area contributed by atoms with Gasteiger partial charge in [-0.3, -0.25) is 0 Å². The van der Waals surface area contributed by atoms with E-state index in [0.717, 1.165) is 11.3 Å². The molecule has 0 fully saturated rings. The first-order valence-corrected chi connectivity index (χ1v) is 5.88. The zero-order valence-corrected chi connectivity index (χ0v) is 10.6. The summed E-state index contributed by atoms with van der Waals surface area (Å²) in [4.78, 5) is 4.31. The SMILES string of the molecule is COc1ccccc1Cc1noc(CC(C)N)n1. The van der Waals surface area contributed by atoms with Crippen LogP contribution in [0.3, 0.4) is 0 Å². The van der Waals surface area contributed by atoms with Gasteiger partial charge < -0.3 is 15.0 Å². The number of hydrogen-bond donors (Lipinski definition) is 1. The van der Waals surface area contributed by atoms with Crippen molar-refractivity contribution in [3.8, 4) is 5.75 Å². The zero-order valence-electron chi connectivity index (χ0n) is 10.6. The van der Waals surface area contributed by atoms with E-state index in [1.165, 1.54) is 0 Å². The highest BCUT2D eigenvalue weighted by atomic mass is 16.5. The smallest absolute Gasteiger partial charge is 0.228 e. The number of hydrogen-bond acceptors (Lipinski definition) is 5. The van der Waals surface area contributed by atoms with Crippen molar-refractivity contribution in [2.45, 2.75) is 25.8 Å². The summed E-state index contributed by atoms with van der Waals surface area (Å²) < 4.78 is 10.4. The fourth-order valence-corrected chi connectivity index (χ4v) is 1.74. The molecule has 2 rings (SSSR count). The number of nitrogens with zero attached hydrogens (tertiary/aromatic N) is 2. The molecule has 0 aliphatic carbocycles. The highest BCUT2D eigenvalue weighted by Crippen LogP contribution is 2.19. The number of aromatic nitrogens is 2. The van der Waals surface area contributed by atoms with Crippen LogP contribution in [-0.4, -0.2) is 23.3 Å². The third-order valence-electron chi connectivity index (χ3n) is 2.55. The number of benzene rings is 1.